The summed E-state index contributed by atoms with van der Waals surface area (Å²) in [6.07, 6.45) is 2.59. The molecule has 2 aromatic rings. The number of fused-ring (bicyclic) bond motifs is 1. The maximum atomic E-state index is 12.9. The van der Waals surface area contributed by atoms with Crippen LogP contribution in [0, 0.1) is 0 Å². The molecule has 28 heavy (non-hydrogen) atoms. The van der Waals surface area contributed by atoms with Crippen molar-refractivity contribution in [3.8, 4) is 11.5 Å². The second kappa shape index (κ2) is 7.51. The van der Waals surface area contributed by atoms with Crippen molar-refractivity contribution in [1.82, 2.24) is 0 Å². The van der Waals surface area contributed by atoms with Crippen molar-refractivity contribution in [1.29, 1.82) is 0 Å². The highest BCUT2D eigenvalue weighted by Gasteiger charge is 2.26. The highest BCUT2D eigenvalue weighted by molar-refractivity contribution is 7.93. The average molecular weight is 427 g/mol. The van der Waals surface area contributed by atoms with E-state index in [1.165, 1.54) is 30.7 Å². The lowest BCUT2D eigenvalue weighted by Crippen LogP contribution is -2.34. The third-order valence-electron chi connectivity index (χ3n) is 4.47. The van der Waals surface area contributed by atoms with Crippen LogP contribution in [-0.4, -0.2) is 43.9 Å². The minimum absolute atomic E-state index is 0.0768. The van der Waals surface area contributed by atoms with Gasteiger partial charge < -0.3 is 9.47 Å². The Bertz CT molecular complexity index is 1100. The molecule has 8 nitrogen and oxygen atoms in total. The molecule has 0 spiro atoms. The van der Waals surface area contributed by atoms with Crippen molar-refractivity contribution < 1.29 is 26.3 Å². The van der Waals surface area contributed by atoms with Gasteiger partial charge in [-0.1, -0.05) is 6.07 Å². The highest BCUT2D eigenvalue weighted by atomic mass is 32.2. The number of sulfonamides is 2. The topological polar surface area (TPSA) is 102 Å². The quantitative estimate of drug-likeness (QED) is 0.760. The molecule has 1 heterocycles. The Hall–Kier alpha value is -2.46. The van der Waals surface area contributed by atoms with Gasteiger partial charge in [0.25, 0.3) is 10.0 Å². The van der Waals surface area contributed by atoms with E-state index in [0.29, 0.717) is 24.4 Å². The summed E-state index contributed by atoms with van der Waals surface area (Å²) in [5.41, 5.74) is 1.62. The average Bonchev–Trinajstić information content (AvgIpc) is 2.65. The van der Waals surface area contributed by atoms with E-state index in [2.05, 4.69) is 4.72 Å². The molecule has 0 aromatic heterocycles. The number of nitrogens with zero attached hydrogens (tertiary/aromatic N) is 1. The van der Waals surface area contributed by atoms with E-state index in [-0.39, 0.29) is 16.3 Å². The minimum atomic E-state index is -3.99. The summed E-state index contributed by atoms with van der Waals surface area (Å²) in [7, 11) is -4.63. The van der Waals surface area contributed by atoms with E-state index < -0.39 is 20.0 Å². The molecule has 0 fully saturated rings. The summed E-state index contributed by atoms with van der Waals surface area (Å²) >= 11 is 0. The Morgan fingerprint density at radius 1 is 1.00 bits per heavy atom. The molecule has 0 saturated heterocycles. The van der Waals surface area contributed by atoms with Gasteiger partial charge in [0.15, 0.2) is 0 Å². The largest absolute Gasteiger partial charge is 0.497 e. The van der Waals surface area contributed by atoms with Gasteiger partial charge in [-0.3, -0.25) is 9.03 Å². The molecule has 3 rings (SSSR count). The standard InChI is InChI=1S/C18H22N2O6S2/c1-25-15-8-9-17(26-2)18(12-15)28(23,24)19-14-7-6-13-5-4-10-20(16(13)11-14)27(3,21)22/h6-9,11-12,19H,4-5,10H2,1-3H3. The van der Waals surface area contributed by atoms with Crippen LogP contribution in [0.1, 0.15) is 12.0 Å². The van der Waals surface area contributed by atoms with Gasteiger partial charge in [-0.05, 0) is 42.7 Å². The lowest BCUT2D eigenvalue weighted by Gasteiger charge is -2.29. The fraction of sp³-hybridized carbons (Fsp3) is 0.333. The normalized spacial score (nSPS) is 14.3. The van der Waals surface area contributed by atoms with Crippen molar-refractivity contribution >= 4 is 31.4 Å². The SMILES string of the molecule is COc1ccc(OC)c(S(=O)(=O)Nc2ccc3c(c2)N(S(C)(=O)=O)CCC3)c1. The fourth-order valence-corrected chi connectivity index (χ4v) is 5.38. The maximum absolute atomic E-state index is 12.9. The predicted octanol–water partition coefficient (Wildman–Crippen LogP) is 2.22. The Morgan fingerprint density at radius 3 is 2.39 bits per heavy atom. The number of rotatable bonds is 6. The molecule has 1 aliphatic rings. The molecular formula is C18H22N2O6S2. The minimum Gasteiger partial charge on any atom is -0.497 e. The number of aryl methyl sites for hydroxylation is 1. The first-order valence-corrected chi connectivity index (χ1v) is 11.8. The van der Waals surface area contributed by atoms with Crippen LogP contribution in [0.2, 0.25) is 0 Å². The van der Waals surface area contributed by atoms with Gasteiger partial charge in [0.2, 0.25) is 10.0 Å². The maximum Gasteiger partial charge on any atom is 0.265 e. The lowest BCUT2D eigenvalue weighted by atomic mass is 10.0. The van der Waals surface area contributed by atoms with E-state index >= 15 is 0 Å². The molecule has 10 heteroatoms. The summed E-state index contributed by atoms with van der Waals surface area (Å²) in [5.74, 6) is 0.541. The lowest BCUT2D eigenvalue weighted by molar-refractivity contribution is 0.392. The predicted molar refractivity (Wildman–Crippen MR) is 107 cm³/mol. The van der Waals surface area contributed by atoms with Gasteiger partial charge in [-0.15, -0.1) is 0 Å². The molecule has 0 atom stereocenters. The Kier molecular flexibility index (Phi) is 5.44. The Balaban J connectivity index is 2.01. The number of nitrogens with one attached hydrogen (secondary N) is 1. The van der Waals surface area contributed by atoms with Crippen LogP contribution in [0.25, 0.3) is 0 Å². The first-order valence-electron chi connectivity index (χ1n) is 8.51. The van der Waals surface area contributed by atoms with Crippen molar-refractivity contribution in [3.05, 3.63) is 42.0 Å². The van der Waals surface area contributed by atoms with Crippen LogP contribution >= 0.6 is 0 Å². The Labute approximate surface area is 165 Å². The third-order valence-corrected chi connectivity index (χ3v) is 7.06. The first kappa shape index (κ1) is 20.3. The summed E-state index contributed by atoms with van der Waals surface area (Å²) in [6, 6.07) is 9.37. The molecule has 0 amide bonds. The molecule has 1 aliphatic heterocycles. The van der Waals surface area contributed by atoms with Crippen LogP contribution < -0.4 is 18.5 Å². The smallest absolute Gasteiger partial charge is 0.265 e. The molecule has 0 unspecified atom stereocenters. The summed E-state index contributed by atoms with van der Waals surface area (Å²) in [5, 5.41) is 0. The van der Waals surface area contributed by atoms with Gasteiger partial charge in [0, 0.05) is 12.6 Å². The number of hydrogen-bond acceptors (Lipinski definition) is 6. The summed E-state index contributed by atoms with van der Waals surface area (Å²) in [4.78, 5) is -0.0768. The van der Waals surface area contributed by atoms with E-state index in [1.54, 1.807) is 24.3 Å². The van der Waals surface area contributed by atoms with Gasteiger partial charge in [-0.2, -0.15) is 0 Å². The fourth-order valence-electron chi connectivity index (χ4n) is 3.15. The summed E-state index contributed by atoms with van der Waals surface area (Å²) in [6.45, 7) is 0.367. The monoisotopic (exact) mass is 426 g/mol. The van der Waals surface area contributed by atoms with E-state index in [0.717, 1.165) is 18.2 Å². The van der Waals surface area contributed by atoms with Crippen molar-refractivity contribution in [3.63, 3.8) is 0 Å². The molecule has 1 N–H and O–H groups in total. The van der Waals surface area contributed by atoms with Gasteiger partial charge in [-0.25, -0.2) is 16.8 Å². The molecule has 0 radical (unpaired) electrons. The van der Waals surface area contributed by atoms with E-state index in [9.17, 15) is 16.8 Å². The zero-order chi connectivity index (χ0) is 20.5. The van der Waals surface area contributed by atoms with Gasteiger partial charge >= 0.3 is 0 Å². The van der Waals surface area contributed by atoms with Crippen LogP contribution in [0.5, 0.6) is 11.5 Å². The number of ether oxygens (including phenoxy) is 2. The highest BCUT2D eigenvalue weighted by Crippen LogP contribution is 2.34. The molecular weight excluding hydrogens is 404 g/mol. The van der Waals surface area contributed by atoms with Crippen LogP contribution in [0.3, 0.4) is 0 Å². The van der Waals surface area contributed by atoms with Crippen molar-refractivity contribution in [2.45, 2.75) is 17.7 Å². The van der Waals surface area contributed by atoms with Crippen LogP contribution in [-0.2, 0) is 26.5 Å². The van der Waals surface area contributed by atoms with Crippen molar-refractivity contribution in [2.24, 2.45) is 0 Å². The second-order valence-corrected chi connectivity index (χ2v) is 9.96. The van der Waals surface area contributed by atoms with Crippen molar-refractivity contribution in [2.75, 3.05) is 36.0 Å². The second-order valence-electron chi connectivity index (χ2n) is 6.40. The molecule has 0 bridgehead atoms. The molecule has 152 valence electrons. The summed E-state index contributed by atoms with van der Waals surface area (Å²) < 4.78 is 64.1. The van der Waals surface area contributed by atoms with E-state index in [1.807, 2.05) is 0 Å². The molecule has 2 aromatic carbocycles. The van der Waals surface area contributed by atoms with Crippen LogP contribution in [0.4, 0.5) is 11.4 Å². The van der Waals surface area contributed by atoms with Gasteiger partial charge in [0.1, 0.15) is 16.4 Å². The number of hydrogen-bond donors (Lipinski definition) is 1. The molecule has 0 saturated carbocycles. The zero-order valence-corrected chi connectivity index (χ0v) is 17.4. The molecule has 0 aliphatic carbocycles. The zero-order valence-electron chi connectivity index (χ0n) is 15.8. The number of methoxy groups -OCH3 is 2. The van der Waals surface area contributed by atoms with Gasteiger partial charge in [0.05, 0.1) is 31.9 Å². The number of anilines is 2. The number of benzene rings is 2. The third kappa shape index (κ3) is 4.02. The van der Waals surface area contributed by atoms with Crippen LogP contribution in [0.15, 0.2) is 41.3 Å². The first-order chi connectivity index (χ1) is 13.2. The van der Waals surface area contributed by atoms with E-state index in [4.69, 9.17) is 9.47 Å². The Morgan fingerprint density at radius 2 is 1.75 bits per heavy atom.